The second-order valence-electron chi connectivity index (χ2n) is 4.66. The SMILES string of the molecule is CCNC(=NCCN(C)Cc1ccc(F)cc1)NCC.I. The maximum Gasteiger partial charge on any atom is 0.191 e. The first-order valence-electron chi connectivity index (χ1n) is 7.10. The maximum absolute atomic E-state index is 12.8. The number of hydrogen-bond acceptors (Lipinski definition) is 2. The van der Waals surface area contributed by atoms with Gasteiger partial charge in [-0.3, -0.25) is 4.99 Å². The Hall–Kier alpha value is -0.890. The van der Waals surface area contributed by atoms with Crippen LogP contribution in [-0.2, 0) is 6.54 Å². The molecule has 1 aromatic rings. The standard InChI is InChI=1S/C15H25FN4.HI/c1-4-17-15(18-5-2)19-10-11-20(3)12-13-6-8-14(16)9-7-13;/h6-9H,4-5,10-12H2,1-3H3,(H2,17,18,19);1H. The Morgan fingerprint density at radius 3 is 2.24 bits per heavy atom. The van der Waals surface area contributed by atoms with Gasteiger partial charge in [0, 0.05) is 26.2 Å². The van der Waals surface area contributed by atoms with Crippen molar-refractivity contribution in [3.05, 3.63) is 35.6 Å². The third-order valence-electron chi connectivity index (χ3n) is 2.81. The first-order valence-corrected chi connectivity index (χ1v) is 7.10. The molecule has 120 valence electrons. The van der Waals surface area contributed by atoms with Crippen LogP contribution in [0.2, 0.25) is 0 Å². The van der Waals surface area contributed by atoms with Gasteiger partial charge in [-0.15, -0.1) is 24.0 Å². The maximum atomic E-state index is 12.8. The van der Waals surface area contributed by atoms with Gasteiger partial charge in [0.1, 0.15) is 5.82 Å². The molecule has 4 nitrogen and oxygen atoms in total. The highest BCUT2D eigenvalue weighted by Gasteiger charge is 2.01. The van der Waals surface area contributed by atoms with Crippen molar-refractivity contribution >= 4 is 29.9 Å². The van der Waals surface area contributed by atoms with Gasteiger partial charge in [-0.25, -0.2) is 4.39 Å². The van der Waals surface area contributed by atoms with Crippen molar-refractivity contribution in [2.24, 2.45) is 4.99 Å². The van der Waals surface area contributed by atoms with Crippen molar-refractivity contribution in [2.75, 3.05) is 33.2 Å². The van der Waals surface area contributed by atoms with E-state index < -0.39 is 0 Å². The van der Waals surface area contributed by atoms with E-state index >= 15 is 0 Å². The summed E-state index contributed by atoms with van der Waals surface area (Å²) in [5.41, 5.74) is 1.11. The number of rotatable bonds is 7. The lowest BCUT2D eigenvalue weighted by atomic mass is 10.2. The van der Waals surface area contributed by atoms with Crippen LogP contribution in [0.1, 0.15) is 19.4 Å². The van der Waals surface area contributed by atoms with Crippen molar-refractivity contribution in [3.63, 3.8) is 0 Å². The largest absolute Gasteiger partial charge is 0.357 e. The van der Waals surface area contributed by atoms with Crippen LogP contribution in [0.15, 0.2) is 29.3 Å². The lowest BCUT2D eigenvalue weighted by Gasteiger charge is -2.16. The minimum atomic E-state index is -0.193. The molecule has 0 bridgehead atoms. The Kier molecular flexibility index (Phi) is 11.2. The minimum absolute atomic E-state index is 0. The Bertz CT molecular complexity index is 401. The molecular formula is C15H26FIN4. The number of nitrogens with zero attached hydrogens (tertiary/aromatic N) is 2. The topological polar surface area (TPSA) is 39.7 Å². The Balaban J connectivity index is 0.00000400. The summed E-state index contributed by atoms with van der Waals surface area (Å²) in [7, 11) is 2.04. The summed E-state index contributed by atoms with van der Waals surface area (Å²) in [6.07, 6.45) is 0. The summed E-state index contributed by atoms with van der Waals surface area (Å²) < 4.78 is 12.8. The van der Waals surface area contributed by atoms with Crippen LogP contribution in [0.4, 0.5) is 4.39 Å². The molecule has 0 aliphatic heterocycles. The fourth-order valence-electron chi connectivity index (χ4n) is 1.82. The molecule has 0 amide bonds. The zero-order chi connectivity index (χ0) is 14.8. The van der Waals surface area contributed by atoms with E-state index in [-0.39, 0.29) is 29.8 Å². The monoisotopic (exact) mass is 408 g/mol. The van der Waals surface area contributed by atoms with Gasteiger partial charge >= 0.3 is 0 Å². The molecule has 21 heavy (non-hydrogen) atoms. The molecular weight excluding hydrogens is 382 g/mol. The van der Waals surface area contributed by atoms with Crippen LogP contribution in [0.5, 0.6) is 0 Å². The molecule has 1 rings (SSSR count). The third kappa shape index (κ3) is 8.87. The molecule has 0 aromatic heterocycles. The zero-order valence-electron chi connectivity index (χ0n) is 13.0. The number of hydrogen-bond donors (Lipinski definition) is 2. The Labute approximate surface area is 144 Å². The molecule has 0 heterocycles. The Morgan fingerprint density at radius 1 is 1.14 bits per heavy atom. The van der Waals surface area contributed by atoms with Crippen molar-refractivity contribution in [2.45, 2.75) is 20.4 Å². The number of benzene rings is 1. The van der Waals surface area contributed by atoms with Crippen LogP contribution in [0.25, 0.3) is 0 Å². The van der Waals surface area contributed by atoms with Crippen LogP contribution in [-0.4, -0.2) is 44.1 Å². The van der Waals surface area contributed by atoms with E-state index in [0.717, 1.165) is 44.2 Å². The van der Waals surface area contributed by atoms with Crippen molar-refractivity contribution in [1.82, 2.24) is 15.5 Å². The van der Waals surface area contributed by atoms with Crippen LogP contribution in [0.3, 0.4) is 0 Å². The molecule has 0 saturated heterocycles. The molecule has 0 fully saturated rings. The molecule has 0 atom stereocenters. The van der Waals surface area contributed by atoms with Gasteiger partial charge in [0.05, 0.1) is 6.54 Å². The summed E-state index contributed by atoms with van der Waals surface area (Å²) in [6, 6.07) is 6.63. The molecule has 2 N–H and O–H groups in total. The van der Waals surface area contributed by atoms with Gasteiger partial charge in [0.15, 0.2) is 5.96 Å². The third-order valence-corrected chi connectivity index (χ3v) is 2.81. The quantitative estimate of drug-likeness (QED) is 0.414. The number of aliphatic imine (C=N–C) groups is 1. The summed E-state index contributed by atoms with van der Waals surface area (Å²) >= 11 is 0. The second-order valence-corrected chi connectivity index (χ2v) is 4.66. The molecule has 0 aliphatic rings. The van der Waals surface area contributed by atoms with Gasteiger partial charge in [-0.05, 0) is 38.6 Å². The van der Waals surface area contributed by atoms with Gasteiger partial charge in [-0.2, -0.15) is 0 Å². The lowest BCUT2D eigenvalue weighted by molar-refractivity contribution is 0.336. The van der Waals surface area contributed by atoms with Crippen LogP contribution >= 0.6 is 24.0 Å². The van der Waals surface area contributed by atoms with Crippen molar-refractivity contribution in [1.29, 1.82) is 0 Å². The first kappa shape index (κ1) is 20.1. The van der Waals surface area contributed by atoms with E-state index in [1.807, 2.05) is 33.0 Å². The average molecular weight is 408 g/mol. The summed E-state index contributed by atoms with van der Waals surface area (Å²) in [4.78, 5) is 6.66. The number of likely N-dealkylation sites (N-methyl/N-ethyl adjacent to an activating group) is 1. The van der Waals surface area contributed by atoms with Gasteiger partial charge in [0.2, 0.25) is 0 Å². The normalized spacial score (nSPS) is 9.95. The van der Waals surface area contributed by atoms with E-state index in [1.165, 1.54) is 12.1 Å². The second kappa shape index (κ2) is 11.7. The molecule has 0 spiro atoms. The predicted molar refractivity (Wildman–Crippen MR) is 97.8 cm³/mol. The highest BCUT2D eigenvalue weighted by Crippen LogP contribution is 2.05. The van der Waals surface area contributed by atoms with E-state index in [9.17, 15) is 4.39 Å². The smallest absolute Gasteiger partial charge is 0.191 e. The fraction of sp³-hybridized carbons (Fsp3) is 0.533. The average Bonchev–Trinajstić information content (AvgIpc) is 2.42. The van der Waals surface area contributed by atoms with Crippen molar-refractivity contribution < 1.29 is 4.39 Å². The molecule has 0 unspecified atom stereocenters. The van der Waals surface area contributed by atoms with Gasteiger partial charge in [-0.1, -0.05) is 12.1 Å². The zero-order valence-corrected chi connectivity index (χ0v) is 15.4. The van der Waals surface area contributed by atoms with Crippen molar-refractivity contribution in [3.8, 4) is 0 Å². The fourth-order valence-corrected chi connectivity index (χ4v) is 1.82. The highest BCUT2D eigenvalue weighted by atomic mass is 127. The number of nitrogens with one attached hydrogen (secondary N) is 2. The molecule has 0 saturated carbocycles. The number of guanidine groups is 1. The van der Waals surface area contributed by atoms with E-state index in [2.05, 4.69) is 20.5 Å². The molecule has 0 aliphatic carbocycles. The first-order chi connectivity index (χ1) is 9.65. The molecule has 0 radical (unpaired) electrons. The summed E-state index contributed by atoms with van der Waals surface area (Å²) in [5.74, 6) is 0.659. The summed E-state index contributed by atoms with van der Waals surface area (Å²) in [5, 5.41) is 6.38. The van der Waals surface area contributed by atoms with E-state index in [0.29, 0.717) is 0 Å². The Morgan fingerprint density at radius 2 is 1.71 bits per heavy atom. The lowest BCUT2D eigenvalue weighted by Crippen LogP contribution is -2.37. The predicted octanol–water partition coefficient (Wildman–Crippen LogP) is 2.45. The van der Waals surface area contributed by atoms with Crippen LogP contribution < -0.4 is 10.6 Å². The van der Waals surface area contributed by atoms with Crippen LogP contribution in [0, 0.1) is 5.82 Å². The highest BCUT2D eigenvalue weighted by molar-refractivity contribution is 14.0. The number of halogens is 2. The van der Waals surface area contributed by atoms with E-state index in [1.54, 1.807) is 0 Å². The molecule has 6 heteroatoms. The van der Waals surface area contributed by atoms with Gasteiger partial charge < -0.3 is 15.5 Å². The molecule has 1 aromatic carbocycles. The van der Waals surface area contributed by atoms with Gasteiger partial charge in [0.25, 0.3) is 0 Å². The van der Waals surface area contributed by atoms with E-state index in [4.69, 9.17) is 0 Å². The summed E-state index contributed by atoms with van der Waals surface area (Å²) in [6.45, 7) is 8.20. The minimum Gasteiger partial charge on any atom is -0.357 e.